The van der Waals surface area contributed by atoms with Crippen molar-refractivity contribution in [2.24, 2.45) is 0 Å². The lowest BCUT2D eigenvalue weighted by Gasteiger charge is -2.16. The fourth-order valence-corrected chi connectivity index (χ4v) is 1.67. The predicted octanol–water partition coefficient (Wildman–Crippen LogP) is 0.868. The fraction of sp³-hybridized carbons (Fsp3) is 0.667. The number of aromatic nitrogens is 3. The standard InChI is InChI=1S/C6H8BrN3O/c7-6-8-5-4(11)2-1-3-10(5)9-6/h4,11H,1-3H2/t4-/m0/s1. The number of hydrogen-bond acceptors (Lipinski definition) is 3. The highest BCUT2D eigenvalue weighted by Gasteiger charge is 2.20. The number of hydrogen-bond donors (Lipinski definition) is 1. The van der Waals surface area contributed by atoms with Gasteiger partial charge in [-0.3, -0.25) is 0 Å². The normalized spacial score (nSPS) is 23.3. The van der Waals surface area contributed by atoms with Gasteiger partial charge in [0.1, 0.15) is 6.10 Å². The van der Waals surface area contributed by atoms with E-state index in [-0.39, 0.29) is 0 Å². The first-order valence-electron chi connectivity index (χ1n) is 3.55. The van der Waals surface area contributed by atoms with E-state index in [0.29, 0.717) is 10.6 Å². The molecule has 4 nitrogen and oxygen atoms in total. The third kappa shape index (κ3) is 1.18. The van der Waals surface area contributed by atoms with Gasteiger partial charge in [0.2, 0.25) is 4.73 Å². The molecule has 0 amide bonds. The Morgan fingerprint density at radius 3 is 3.18 bits per heavy atom. The summed E-state index contributed by atoms with van der Waals surface area (Å²) in [6.45, 7) is 0.866. The van der Waals surface area contributed by atoms with E-state index in [1.807, 2.05) is 0 Å². The molecule has 0 saturated carbocycles. The number of aliphatic hydroxyl groups excluding tert-OH is 1. The van der Waals surface area contributed by atoms with Crippen LogP contribution in [0, 0.1) is 0 Å². The van der Waals surface area contributed by atoms with Crippen LogP contribution in [0.25, 0.3) is 0 Å². The maximum absolute atomic E-state index is 9.43. The van der Waals surface area contributed by atoms with Crippen molar-refractivity contribution in [3.63, 3.8) is 0 Å². The van der Waals surface area contributed by atoms with E-state index in [1.54, 1.807) is 4.68 Å². The molecule has 0 fully saturated rings. The summed E-state index contributed by atoms with van der Waals surface area (Å²) in [5, 5.41) is 13.5. The summed E-state index contributed by atoms with van der Waals surface area (Å²) in [7, 11) is 0. The van der Waals surface area contributed by atoms with Crippen LogP contribution < -0.4 is 0 Å². The first kappa shape index (κ1) is 7.24. The average Bonchev–Trinajstić information content (AvgIpc) is 2.31. The molecule has 0 saturated heterocycles. The van der Waals surface area contributed by atoms with E-state index >= 15 is 0 Å². The van der Waals surface area contributed by atoms with E-state index in [9.17, 15) is 5.11 Å². The minimum absolute atomic E-state index is 0.428. The Balaban J connectivity index is 2.43. The highest BCUT2D eigenvalue weighted by Crippen LogP contribution is 2.23. The summed E-state index contributed by atoms with van der Waals surface area (Å²) in [6.07, 6.45) is 1.34. The summed E-state index contributed by atoms with van der Waals surface area (Å²) in [6, 6.07) is 0. The van der Waals surface area contributed by atoms with Gasteiger partial charge in [-0.25, -0.2) is 9.67 Å². The summed E-state index contributed by atoms with van der Waals surface area (Å²) in [5.74, 6) is 0.683. The van der Waals surface area contributed by atoms with Crippen LogP contribution in [-0.4, -0.2) is 19.9 Å². The molecule has 1 atom stereocenters. The van der Waals surface area contributed by atoms with Gasteiger partial charge in [0.25, 0.3) is 0 Å². The largest absolute Gasteiger partial charge is 0.385 e. The van der Waals surface area contributed by atoms with Gasteiger partial charge in [-0.05, 0) is 28.8 Å². The Morgan fingerprint density at radius 1 is 1.64 bits per heavy atom. The van der Waals surface area contributed by atoms with Gasteiger partial charge in [0, 0.05) is 6.54 Å². The molecule has 1 aromatic rings. The molecule has 11 heavy (non-hydrogen) atoms. The highest BCUT2D eigenvalue weighted by atomic mass is 79.9. The molecule has 60 valence electrons. The molecule has 5 heteroatoms. The van der Waals surface area contributed by atoms with Crippen molar-refractivity contribution in [2.45, 2.75) is 25.5 Å². The summed E-state index contributed by atoms with van der Waals surface area (Å²) < 4.78 is 2.31. The summed E-state index contributed by atoms with van der Waals surface area (Å²) in [4.78, 5) is 4.05. The van der Waals surface area contributed by atoms with Crippen molar-refractivity contribution in [1.82, 2.24) is 14.8 Å². The number of aliphatic hydroxyl groups is 1. The number of nitrogens with zero attached hydrogens (tertiary/aromatic N) is 3. The summed E-state index contributed by atoms with van der Waals surface area (Å²) >= 11 is 3.17. The first-order valence-corrected chi connectivity index (χ1v) is 4.35. The molecule has 1 aliphatic rings. The molecule has 2 rings (SSSR count). The predicted molar refractivity (Wildman–Crippen MR) is 41.9 cm³/mol. The molecule has 1 aromatic heterocycles. The SMILES string of the molecule is O[C@H]1CCCn2nc(Br)nc21. The van der Waals surface area contributed by atoms with Crippen LogP contribution in [0.1, 0.15) is 24.8 Å². The van der Waals surface area contributed by atoms with E-state index in [1.165, 1.54) is 0 Å². The Kier molecular flexibility index (Phi) is 1.69. The van der Waals surface area contributed by atoms with Crippen molar-refractivity contribution in [3.05, 3.63) is 10.6 Å². The molecule has 0 aromatic carbocycles. The van der Waals surface area contributed by atoms with Crippen molar-refractivity contribution >= 4 is 15.9 Å². The minimum atomic E-state index is -0.428. The third-order valence-corrected chi connectivity index (χ3v) is 2.16. The van der Waals surface area contributed by atoms with Crippen LogP contribution >= 0.6 is 15.9 Å². The molecule has 0 aliphatic carbocycles. The lowest BCUT2D eigenvalue weighted by Crippen LogP contribution is -2.16. The molecule has 2 heterocycles. The van der Waals surface area contributed by atoms with Crippen molar-refractivity contribution in [1.29, 1.82) is 0 Å². The van der Waals surface area contributed by atoms with Crippen LogP contribution in [0.4, 0.5) is 0 Å². The molecular weight excluding hydrogens is 210 g/mol. The Hall–Kier alpha value is -0.420. The number of fused-ring (bicyclic) bond motifs is 1. The molecule has 0 bridgehead atoms. The molecule has 1 aliphatic heterocycles. The van der Waals surface area contributed by atoms with Crippen LogP contribution in [0.2, 0.25) is 0 Å². The Labute approximate surface area is 72.4 Å². The first-order chi connectivity index (χ1) is 5.27. The van der Waals surface area contributed by atoms with Gasteiger partial charge in [0.05, 0.1) is 0 Å². The smallest absolute Gasteiger partial charge is 0.217 e. The average molecular weight is 218 g/mol. The zero-order valence-corrected chi connectivity index (χ0v) is 7.45. The monoisotopic (exact) mass is 217 g/mol. The number of aryl methyl sites for hydroxylation is 1. The van der Waals surface area contributed by atoms with Crippen LogP contribution in [0.3, 0.4) is 0 Å². The Bertz CT molecular complexity index is 273. The van der Waals surface area contributed by atoms with Crippen molar-refractivity contribution in [3.8, 4) is 0 Å². The second-order valence-corrected chi connectivity index (χ2v) is 3.33. The van der Waals surface area contributed by atoms with E-state index in [4.69, 9.17) is 0 Å². The molecule has 0 spiro atoms. The zero-order chi connectivity index (χ0) is 7.84. The quantitative estimate of drug-likeness (QED) is 0.702. The maximum atomic E-state index is 9.43. The molecule has 1 N–H and O–H groups in total. The number of rotatable bonds is 0. The minimum Gasteiger partial charge on any atom is -0.385 e. The van der Waals surface area contributed by atoms with Gasteiger partial charge in [-0.15, -0.1) is 5.10 Å². The topological polar surface area (TPSA) is 50.9 Å². The van der Waals surface area contributed by atoms with E-state index in [0.717, 1.165) is 19.4 Å². The maximum Gasteiger partial charge on any atom is 0.217 e. The lowest BCUT2D eigenvalue weighted by molar-refractivity contribution is 0.130. The van der Waals surface area contributed by atoms with E-state index < -0.39 is 6.10 Å². The van der Waals surface area contributed by atoms with Gasteiger partial charge < -0.3 is 5.11 Å². The lowest BCUT2D eigenvalue weighted by atomic mass is 10.1. The van der Waals surface area contributed by atoms with Gasteiger partial charge in [0.15, 0.2) is 5.82 Å². The zero-order valence-electron chi connectivity index (χ0n) is 5.87. The fourth-order valence-electron chi connectivity index (χ4n) is 1.30. The van der Waals surface area contributed by atoms with Crippen molar-refractivity contribution in [2.75, 3.05) is 0 Å². The molecule has 0 radical (unpaired) electrons. The van der Waals surface area contributed by atoms with E-state index in [2.05, 4.69) is 26.0 Å². The number of halogens is 1. The van der Waals surface area contributed by atoms with Crippen LogP contribution in [0.15, 0.2) is 4.73 Å². The third-order valence-electron chi connectivity index (χ3n) is 1.82. The Morgan fingerprint density at radius 2 is 2.45 bits per heavy atom. The van der Waals surface area contributed by atoms with Crippen LogP contribution in [0.5, 0.6) is 0 Å². The van der Waals surface area contributed by atoms with Crippen molar-refractivity contribution < 1.29 is 5.11 Å². The second-order valence-electron chi connectivity index (χ2n) is 2.62. The second kappa shape index (κ2) is 2.57. The highest BCUT2D eigenvalue weighted by molar-refractivity contribution is 9.10. The van der Waals surface area contributed by atoms with Gasteiger partial charge in [-0.2, -0.15) is 0 Å². The summed E-state index contributed by atoms with van der Waals surface area (Å²) in [5.41, 5.74) is 0. The van der Waals surface area contributed by atoms with Gasteiger partial charge >= 0.3 is 0 Å². The van der Waals surface area contributed by atoms with Crippen LogP contribution in [-0.2, 0) is 6.54 Å². The molecule has 0 unspecified atom stereocenters. The van der Waals surface area contributed by atoms with Gasteiger partial charge in [-0.1, -0.05) is 0 Å². The molecular formula is C6H8BrN3O.